The monoisotopic (exact) mass is 288 g/mol. The number of nitrogens with zero attached hydrogens (tertiary/aromatic N) is 1. The van der Waals surface area contributed by atoms with E-state index < -0.39 is 0 Å². The number of nitrogens with one attached hydrogen (secondary N) is 2. The zero-order valence-electron chi connectivity index (χ0n) is 13.0. The van der Waals surface area contributed by atoms with Crippen LogP contribution in [0.4, 0.5) is 0 Å². The highest BCUT2D eigenvalue weighted by Gasteiger charge is 2.13. The number of benzene rings is 1. The largest absolute Gasteiger partial charge is 0.353 e. The Labute approximate surface area is 128 Å². The minimum atomic E-state index is 0.351. The third-order valence-corrected chi connectivity index (χ3v) is 4.12. The van der Waals surface area contributed by atoms with Crippen LogP contribution in [0, 0.1) is 0 Å². The van der Waals surface area contributed by atoms with Gasteiger partial charge in [0.2, 0.25) is 5.96 Å². The molecular weight excluding hydrogens is 260 g/mol. The van der Waals surface area contributed by atoms with Gasteiger partial charge < -0.3 is 5.32 Å². The van der Waals surface area contributed by atoms with E-state index >= 15 is 0 Å². The van der Waals surface area contributed by atoms with Gasteiger partial charge in [0.25, 0.3) is 0 Å². The molecule has 1 saturated carbocycles. The van der Waals surface area contributed by atoms with Gasteiger partial charge in [0.15, 0.2) is 0 Å². The van der Waals surface area contributed by atoms with Crippen LogP contribution < -0.4 is 16.6 Å². The standard InChI is InChI=1S/C17H28N4/c1-14(12-13-15-8-4-2-5-9-15)19-17(21-18)20-16-10-6-3-7-11-16/h2,4-5,8-9,14,16H,3,6-7,10-13,18H2,1H3,(H2,19,20,21). The molecule has 1 atom stereocenters. The van der Waals surface area contributed by atoms with Gasteiger partial charge in [-0.1, -0.05) is 49.6 Å². The number of rotatable bonds is 5. The van der Waals surface area contributed by atoms with Crippen molar-refractivity contribution in [3.8, 4) is 0 Å². The van der Waals surface area contributed by atoms with E-state index in [2.05, 4.69) is 48.0 Å². The van der Waals surface area contributed by atoms with E-state index in [9.17, 15) is 0 Å². The molecule has 1 aromatic rings. The van der Waals surface area contributed by atoms with Crippen LogP contribution in [0.15, 0.2) is 35.3 Å². The Morgan fingerprint density at radius 2 is 1.95 bits per heavy atom. The van der Waals surface area contributed by atoms with Crippen LogP contribution in [0.3, 0.4) is 0 Å². The Morgan fingerprint density at radius 1 is 1.24 bits per heavy atom. The number of hydrogen-bond acceptors (Lipinski definition) is 2. The highest BCUT2D eigenvalue weighted by Crippen LogP contribution is 2.20. The maximum Gasteiger partial charge on any atom is 0.206 e. The molecule has 2 rings (SSSR count). The lowest BCUT2D eigenvalue weighted by Gasteiger charge is -2.21. The molecule has 116 valence electrons. The van der Waals surface area contributed by atoms with Gasteiger partial charge in [-0.2, -0.15) is 0 Å². The summed E-state index contributed by atoms with van der Waals surface area (Å²) in [6, 6.07) is 11.4. The van der Waals surface area contributed by atoms with Crippen molar-refractivity contribution in [2.24, 2.45) is 10.8 Å². The molecule has 0 amide bonds. The predicted molar refractivity (Wildman–Crippen MR) is 89.0 cm³/mol. The van der Waals surface area contributed by atoms with Crippen molar-refractivity contribution in [2.45, 2.75) is 64.0 Å². The van der Waals surface area contributed by atoms with Crippen molar-refractivity contribution in [3.63, 3.8) is 0 Å². The van der Waals surface area contributed by atoms with E-state index in [4.69, 9.17) is 10.8 Å². The number of hydrogen-bond donors (Lipinski definition) is 3. The molecule has 1 aromatic carbocycles. The molecule has 1 aliphatic carbocycles. The van der Waals surface area contributed by atoms with Crippen molar-refractivity contribution in [1.29, 1.82) is 0 Å². The van der Waals surface area contributed by atoms with Gasteiger partial charge in [0, 0.05) is 6.04 Å². The van der Waals surface area contributed by atoms with Crippen LogP contribution in [0.2, 0.25) is 0 Å². The fourth-order valence-corrected chi connectivity index (χ4v) is 2.84. The fraction of sp³-hybridized carbons (Fsp3) is 0.588. The molecule has 0 aliphatic heterocycles. The zero-order chi connectivity index (χ0) is 14.9. The molecule has 1 fully saturated rings. The molecule has 1 unspecified atom stereocenters. The van der Waals surface area contributed by atoms with Crippen LogP contribution in [0.1, 0.15) is 51.0 Å². The zero-order valence-corrected chi connectivity index (χ0v) is 13.0. The van der Waals surface area contributed by atoms with Crippen molar-refractivity contribution < 1.29 is 0 Å². The summed E-state index contributed by atoms with van der Waals surface area (Å²) in [5.74, 6) is 6.34. The molecule has 0 aromatic heterocycles. The minimum Gasteiger partial charge on any atom is -0.353 e. The first kappa shape index (κ1) is 15.8. The van der Waals surface area contributed by atoms with Crippen LogP contribution in [0.25, 0.3) is 0 Å². The Balaban J connectivity index is 1.78. The lowest BCUT2D eigenvalue weighted by molar-refractivity contribution is 0.439. The van der Waals surface area contributed by atoms with E-state index in [1.807, 2.05) is 0 Å². The second-order valence-electron chi connectivity index (χ2n) is 5.98. The predicted octanol–water partition coefficient (Wildman–Crippen LogP) is 2.75. The maximum atomic E-state index is 5.60. The summed E-state index contributed by atoms with van der Waals surface area (Å²) in [7, 11) is 0. The van der Waals surface area contributed by atoms with Gasteiger partial charge in [0.1, 0.15) is 0 Å². The molecule has 0 saturated heterocycles. The van der Waals surface area contributed by atoms with Crippen LogP contribution in [-0.4, -0.2) is 18.0 Å². The quantitative estimate of drug-likeness (QED) is 0.338. The highest BCUT2D eigenvalue weighted by atomic mass is 15.3. The fourth-order valence-electron chi connectivity index (χ4n) is 2.84. The normalized spacial score (nSPS) is 18.3. The third kappa shape index (κ3) is 5.76. The third-order valence-electron chi connectivity index (χ3n) is 4.12. The smallest absolute Gasteiger partial charge is 0.206 e. The van der Waals surface area contributed by atoms with Gasteiger partial charge in [-0.15, -0.1) is 0 Å². The van der Waals surface area contributed by atoms with E-state index in [0.29, 0.717) is 12.1 Å². The van der Waals surface area contributed by atoms with Gasteiger partial charge in [-0.05, 0) is 38.2 Å². The summed E-state index contributed by atoms with van der Waals surface area (Å²) in [5.41, 5.74) is 4.09. The van der Waals surface area contributed by atoms with Crippen molar-refractivity contribution >= 4 is 5.96 Å². The molecule has 0 bridgehead atoms. The van der Waals surface area contributed by atoms with Crippen LogP contribution >= 0.6 is 0 Å². The molecule has 4 heteroatoms. The minimum absolute atomic E-state index is 0.351. The molecule has 1 aliphatic rings. The van der Waals surface area contributed by atoms with Crippen molar-refractivity contribution in [2.75, 3.05) is 0 Å². The van der Waals surface area contributed by atoms with Gasteiger partial charge >= 0.3 is 0 Å². The second kappa shape index (κ2) is 8.67. The number of aliphatic imine (C=N–C) groups is 1. The molecule has 4 nitrogen and oxygen atoms in total. The first-order chi connectivity index (χ1) is 10.3. The van der Waals surface area contributed by atoms with Crippen LogP contribution in [-0.2, 0) is 6.42 Å². The second-order valence-corrected chi connectivity index (χ2v) is 5.98. The summed E-state index contributed by atoms with van der Waals surface area (Å²) in [6.07, 6.45) is 8.42. The number of aryl methyl sites for hydroxylation is 1. The Hall–Kier alpha value is -1.55. The van der Waals surface area contributed by atoms with E-state index in [-0.39, 0.29) is 0 Å². The average Bonchev–Trinajstić information content (AvgIpc) is 2.54. The topological polar surface area (TPSA) is 62.4 Å². The summed E-state index contributed by atoms with van der Waals surface area (Å²) < 4.78 is 0. The summed E-state index contributed by atoms with van der Waals surface area (Å²) in [6.45, 7) is 2.18. The summed E-state index contributed by atoms with van der Waals surface area (Å²) in [4.78, 5) is 4.72. The Kier molecular flexibility index (Phi) is 6.54. The number of guanidine groups is 1. The molecule has 0 heterocycles. The van der Waals surface area contributed by atoms with Crippen molar-refractivity contribution in [3.05, 3.63) is 35.9 Å². The van der Waals surface area contributed by atoms with Crippen LogP contribution in [0.5, 0.6) is 0 Å². The molecule has 4 N–H and O–H groups in total. The molecular formula is C17H28N4. The summed E-state index contributed by atoms with van der Waals surface area (Å²) in [5, 5.41) is 3.40. The van der Waals surface area contributed by atoms with Gasteiger partial charge in [0.05, 0.1) is 6.04 Å². The molecule has 0 radical (unpaired) electrons. The maximum absolute atomic E-state index is 5.60. The first-order valence-corrected chi connectivity index (χ1v) is 8.13. The Morgan fingerprint density at radius 3 is 2.62 bits per heavy atom. The highest BCUT2D eigenvalue weighted by molar-refractivity contribution is 5.79. The van der Waals surface area contributed by atoms with Crippen molar-refractivity contribution in [1.82, 2.24) is 10.7 Å². The Bertz CT molecular complexity index is 424. The van der Waals surface area contributed by atoms with Gasteiger partial charge in [-0.3, -0.25) is 5.43 Å². The molecule has 21 heavy (non-hydrogen) atoms. The average molecular weight is 288 g/mol. The lowest BCUT2D eigenvalue weighted by atomic mass is 9.96. The first-order valence-electron chi connectivity index (χ1n) is 8.13. The number of hydrazine groups is 1. The van der Waals surface area contributed by atoms with E-state index in [1.165, 1.54) is 37.7 Å². The number of nitrogens with two attached hydrogens (primary N) is 1. The van der Waals surface area contributed by atoms with E-state index in [1.54, 1.807) is 0 Å². The SMILES string of the molecule is CC(CCc1ccccc1)NC(=NC1CCCCC1)NN. The summed E-state index contributed by atoms with van der Waals surface area (Å²) >= 11 is 0. The molecule has 0 spiro atoms. The van der Waals surface area contributed by atoms with Gasteiger partial charge in [-0.25, -0.2) is 10.8 Å². The lowest BCUT2D eigenvalue weighted by Crippen LogP contribution is -2.46. The van der Waals surface area contributed by atoms with E-state index in [0.717, 1.165) is 18.8 Å².